The second-order valence-corrected chi connectivity index (χ2v) is 2.45. The monoisotopic (exact) mass is 157 g/mol. The van der Waals surface area contributed by atoms with Gasteiger partial charge in [0.15, 0.2) is 0 Å². The minimum absolute atomic E-state index is 0.924. The van der Waals surface area contributed by atoms with Crippen LogP contribution in [0.1, 0.15) is 13.8 Å². The molecule has 0 aromatic carbocycles. The Morgan fingerprint density at radius 2 is 1.91 bits per heavy atom. The molecule has 1 fully saturated rings. The van der Waals surface area contributed by atoms with Crippen LogP contribution in [0.2, 0.25) is 0 Å². The molecule has 0 aromatic heterocycles. The number of morpholine rings is 1. The fourth-order valence-corrected chi connectivity index (χ4v) is 0.917. The van der Waals surface area contributed by atoms with Gasteiger partial charge >= 0.3 is 0 Å². The second-order valence-electron chi connectivity index (χ2n) is 2.45. The summed E-state index contributed by atoms with van der Waals surface area (Å²) in [6.07, 6.45) is 1.75. The largest absolute Gasteiger partial charge is 0.379 e. The van der Waals surface area contributed by atoms with E-state index >= 15 is 0 Å². The summed E-state index contributed by atoms with van der Waals surface area (Å²) in [5.74, 6) is 0. The predicted molar refractivity (Wildman–Crippen MR) is 48.8 cm³/mol. The number of hydrogen-bond acceptors (Lipinski definition) is 2. The van der Waals surface area contributed by atoms with Crippen molar-refractivity contribution in [2.75, 3.05) is 32.8 Å². The average Bonchev–Trinajstić information content (AvgIpc) is 2.08. The molecule has 0 bridgehead atoms. The van der Waals surface area contributed by atoms with Gasteiger partial charge in [0.2, 0.25) is 0 Å². The van der Waals surface area contributed by atoms with Crippen LogP contribution in [0.15, 0.2) is 12.7 Å². The van der Waals surface area contributed by atoms with Crippen LogP contribution in [0, 0.1) is 0 Å². The fourth-order valence-electron chi connectivity index (χ4n) is 0.917. The van der Waals surface area contributed by atoms with E-state index in [2.05, 4.69) is 18.4 Å². The SMILES string of the molecule is C=CC.CCN1CCOCC1. The molecule has 11 heavy (non-hydrogen) atoms. The van der Waals surface area contributed by atoms with Crippen molar-refractivity contribution in [1.29, 1.82) is 0 Å². The van der Waals surface area contributed by atoms with E-state index in [0.29, 0.717) is 0 Å². The molecule has 0 N–H and O–H groups in total. The van der Waals surface area contributed by atoms with Crippen LogP contribution in [0.5, 0.6) is 0 Å². The lowest BCUT2D eigenvalue weighted by Crippen LogP contribution is -2.35. The van der Waals surface area contributed by atoms with E-state index in [0.717, 1.165) is 26.3 Å². The first-order chi connectivity index (χ1) is 5.35. The molecule has 0 unspecified atom stereocenters. The molecule has 66 valence electrons. The molecular formula is C9H19NO. The molecular weight excluding hydrogens is 138 g/mol. The van der Waals surface area contributed by atoms with Gasteiger partial charge in [-0.15, -0.1) is 6.58 Å². The van der Waals surface area contributed by atoms with E-state index in [-0.39, 0.29) is 0 Å². The maximum absolute atomic E-state index is 5.16. The average molecular weight is 157 g/mol. The van der Waals surface area contributed by atoms with Crippen molar-refractivity contribution in [3.63, 3.8) is 0 Å². The molecule has 1 aliphatic rings. The van der Waals surface area contributed by atoms with Gasteiger partial charge < -0.3 is 4.74 Å². The van der Waals surface area contributed by atoms with E-state index < -0.39 is 0 Å². The minimum atomic E-state index is 0.924. The first-order valence-corrected chi connectivity index (χ1v) is 4.22. The molecule has 1 aliphatic heterocycles. The number of likely N-dealkylation sites (N-methyl/N-ethyl adjacent to an activating group) is 1. The molecule has 2 heteroatoms. The molecule has 0 atom stereocenters. The molecule has 0 saturated carbocycles. The van der Waals surface area contributed by atoms with E-state index in [1.807, 2.05) is 6.92 Å². The second kappa shape index (κ2) is 7.76. The highest BCUT2D eigenvalue weighted by molar-refractivity contribution is 4.57. The van der Waals surface area contributed by atoms with Gasteiger partial charge in [-0.3, -0.25) is 4.90 Å². The third-order valence-corrected chi connectivity index (χ3v) is 1.55. The maximum atomic E-state index is 5.16. The third-order valence-electron chi connectivity index (χ3n) is 1.55. The molecule has 2 nitrogen and oxygen atoms in total. The van der Waals surface area contributed by atoms with Crippen molar-refractivity contribution >= 4 is 0 Å². The molecule has 0 aliphatic carbocycles. The Labute approximate surface area is 69.8 Å². The number of ether oxygens (including phenoxy) is 1. The first-order valence-electron chi connectivity index (χ1n) is 4.22. The summed E-state index contributed by atoms with van der Waals surface area (Å²) in [4.78, 5) is 2.39. The van der Waals surface area contributed by atoms with Crippen molar-refractivity contribution in [2.24, 2.45) is 0 Å². The van der Waals surface area contributed by atoms with E-state index in [4.69, 9.17) is 4.74 Å². The topological polar surface area (TPSA) is 12.5 Å². The van der Waals surface area contributed by atoms with Crippen molar-refractivity contribution in [3.8, 4) is 0 Å². The van der Waals surface area contributed by atoms with Crippen LogP contribution < -0.4 is 0 Å². The molecule has 0 amide bonds. The van der Waals surface area contributed by atoms with Gasteiger partial charge in [-0.25, -0.2) is 0 Å². The van der Waals surface area contributed by atoms with Crippen LogP contribution in [-0.4, -0.2) is 37.7 Å². The van der Waals surface area contributed by atoms with E-state index in [9.17, 15) is 0 Å². The van der Waals surface area contributed by atoms with Crippen LogP contribution in [0.3, 0.4) is 0 Å². The smallest absolute Gasteiger partial charge is 0.0594 e. The van der Waals surface area contributed by atoms with Gasteiger partial charge in [0.1, 0.15) is 0 Å². The standard InChI is InChI=1S/C6H13NO.C3H6/c1-2-7-3-5-8-6-4-7;1-3-2/h2-6H2,1H3;3H,1H2,2H3. The predicted octanol–water partition coefficient (Wildman–Crippen LogP) is 1.53. The number of nitrogens with zero attached hydrogens (tertiary/aromatic N) is 1. The highest BCUT2D eigenvalue weighted by Crippen LogP contribution is 1.93. The summed E-state index contributed by atoms with van der Waals surface area (Å²) < 4.78 is 5.16. The lowest BCUT2D eigenvalue weighted by atomic mass is 10.4. The van der Waals surface area contributed by atoms with Crippen LogP contribution in [-0.2, 0) is 4.74 Å². The summed E-state index contributed by atoms with van der Waals surface area (Å²) in [6, 6.07) is 0. The number of allylic oxidation sites excluding steroid dienone is 1. The molecule has 0 spiro atoms. The molecule has 1 rings (SSSR count). The Kier molecular flexibility index (Phi) is 7.52. The van der Waals surface area contributed by atoms with Crippen molar-refractivity contribution < 1.29 is 4.74 Å². The summed E-state index contributed by atoms with van der Waals surface area (Å²) >= 11 is 0. The maximum Gasteiger partial charge on any atom is 0.0594 e. The van der Waals surface area contributed by atoms with Crippen LogP contribution in [0.4, 0.5) is 0 Å². The van der Waals surface area contributed by atoms with Gasteiger partial charge in [0.25, 0.3) is 0 Å². The Bertz CT molecular complexity index is 87.6. The van der Waals surface area contributed by atoms with Crippen LogP contribution >= 0.6 is 0 Å². The van der Waals surface area contributed by atoms with Crippen molar-refractivity contribution in [3.05, 3.63) is 12.7 Å². The third kappa shape index (κ3) is 6.07. The minimum Gasteiger partial charge on any atom is -0.379 e. The Morgan fingerprint density at radius 1 is 1.45 bits per heavy atom. The highest BCUT2D eigenvalue weighted by Gasteiger charge is 2.05. The molecule has 1 saturated heterocycles. The lowest BCUT2D eigenvalue weighted by Gasteiger charge is -2.24. The summed E-state index contributed by atoms with van der Waals surface area (Å²) in [7, 11) is 0. The van der Waals surface area contributed by atoms with Gasteiger partial charge in [-0.2, -0.15) is 0 Å². The van der Waals surface area contributed by atoms with Crippen molar-refractivity contribution in [1.82, 2.24) is 4.90 Å². The zero-order valence-corrected chi connectivity index (χ0v) is 7.68. The van der Waals surface area contributed by atoms with E-state index in [1.165, 1.54) is 6.54 Å². The number of hydrogen-bond donors (Lipinski definition) is 0. The zero-order valence-electron chi connectivity index (χ0n) is 7.68. The molecule has 0 aromatic rings. The van der Waals surface area contributed by atoms with Gasteiger partial charge in [0, 0.05) is 13.1 Å². The zero-order chi connectivity index (χ0) is 8.53. The van der Waals surface area contributed by atoms with Gasteiger partial charge in [0.05, 0.1) is 13.2 Å². The quantitative estimate of drug-likeness (QED) is 0.535. The summed E-state index contributed by atoms with van der Waals surface area (Å²) in [5, 5.41) is 0. The summed E-state index contributed by atoms with van der Waals surface area (Å²) in [5.41, 5.74) is 0. The molecule has 1 heterocycles. The van der Waals surface area contributed by atoms with Crippen molar-refractivity contribution in [2.45, 2.75) is 13.8 Å². The number of rotatable bonds is 1. The lowest BCUT2D eigenvalue weighted by molar-refractivity contribution is 0.0405. The normalized spacial score (nSPS) is 18.4. The van der Waals surface area contributed by atoms with E-state index in [1.54, 1.807) is 6.08 Å². The van der Waals surface area contributed by atoms with Gasteiger partial charge in [-0.1, -0.05) is 13.0 Å². The Balaban J connectivity index is 0.000000292. The van der Waals surface area contributed by atoms with Gasteiger partial charge in [-0.05, 0) is 13.5 Å². The fraction of sp³-hybridized carbons (Fsp3) is 0.778. The summed E-state index contributed by atoms with van der Waals surface area (Å²) in [6.45, 7) is 12.7. The Hall–Kier alpha value is -0.340. The Morgan fingerprint density at radius 3 is 2.18 bits per heavy atom. The van der Waals surface area contributed by atoms with Crippen LogP contribution in [0.25, 0.3) is 0 Å². The highest BCUT2D eigenvalue weighted by atomic mass is 16.5. The molecule has 0 radical (unpaired) electrons. The first kappa shape index (κ1) is 10.7.